The molecule has 0 aromatic rings. The van der Waals surface area contributed by atoms with E-state index in [9.17, 15) is 9.59 Å². The quantitative estimate of drug-likeness (QED) is 0.728. The van der Waals surface area contributed by atoms with Gasteiger partial charge in [0.05, 0.1) is 0 Å². The first-order valence-electron chi connectivity index (χ1n) is 5.72. The van der Waals surface area contributed by atoms with E-state index in [2.05, 4.69) is 5.32 Å². The van der Waals surface area contributed by atoms with Crippen molar-refractivity contribution in [3.63, 3.8) is 0 Å². The van der Waals surface area contributed by atoms with Crippen molar-refractivity contribution in [1.29, 1.82) is 0 Å². The van der Waals surface area contributed by atoms with Gasteiger partial charge in [-0.2, -0.15) is 0 Å². The molecule has 0 saturated heterocycles. The van der Waals surface area contributed by atoms with Gasteiger partial charge in [-0.3, -0.25) is 9.59 Å². The molecule has 4 nitrogen and oxygen atoms in total. The van der Waals surface area contributed by atoms with E-state index in [0.717, 1.165) is 32.1 Å². The first-order valence-corrected chi connectivity index (χ1v) is 5.72. The summed E-state index contributed by atoms with van der Waals surface area (Å²) in [6.45, 7) is 1.99. The number of nitrogens with one attached hydrogen (secondary N) is 1. The lowest BCUT2D eigenvalue weighted by molar-refractivity contribution is -0.123. The first kappa shape index (κ1) is 12.0. The SMILES string of the molecule is CCCC(=O)NC1CCC(C(N)=O)CC1. The van der Waals surface area contributed by atoms with Crippen molar-refractivity contribution in [2.24, 2.45) is 11.7 Å². The highest BCUT2D eigenvalue weighted by atomic mass is 16.2. The predicted octanol–water partition coefficient (Wildman–Crippen LogP) is 0.947. The van der Waals surface area contributed by atoms with Gasteiger partial charge in [0.15, 0.2) is 0 Å². The van der Waals surface area contributed by atoms with Crippen molar-refractivity contribution in [2.45, 2.75) is 51.5 Å². The number of carbonyl (C=O) groups is 2. The Morgan fingerprint density at radius 3 is 2.33 bits per heavy atom. The van der Waals surface area contributed by atoms with Crippen molar-refractivity contribution in [3.8, 4) is 0 Å². The van der Waals surface area contributed by atoms with Crippen LogP contribution in [0.1, 0.15) is 45.4 Å². The van der Waals surface area contributed by atoms with Crippen LogP contribution in [0.25, 0.3) is 0 Å². The molecule has 4 heteroatoms. The molecule has 1 aliphatic rings. The number of nitrogens with two attached hydrogens (primary N) is 1. The average molecular weight is 212 g/mol. The molecule has 0 radical (unpaired) electrons. The Morgan fingerprint density at radius 1 is 1.27 bits per heavy atom. The first-order chi connectivity index (χ1) is 7.13. The van der Waals surface area contributed by atoms with Gasteiger partial charge in [-0.05, 0) is 32.1 Å². The lowest BCUT2D eigenvalue weighted by Crippen LogP contribution is -2.39. The number of primary amides is 1. The molecule has 1 fully saturated rings. The maximum Gasteiger partial charge on any atom is 0.220 e. The molecule has 15 heavy (non-hydrogen) atoms. The average Bonchev–Trinajstić information content (AvgIpc) is 2.18. The summed E-state index contributed by atoms with van der Waals surface area (Å²) in [6, 6.07) is 0.250. The van der Waals surface area contributed by atoms with Gasteiger partial charge in [0.1, 0.15) is 0 Å². The zero-order valence-electron chi connectivity index (χ0n) is 9.29. The van der Waals surface area contributed by atoms with E-state index in [-0.39, 0.29) is 23.8 Å². The zero-order chi connectivity index (χ0) is 11.3. The Hall–Kier alpha value is -1.06. The van der Waals surface area contributed by atoms with Gasteiger partial charge in [-0.15, -0.1) is 0 Å². The van der Waals surface area contributed by atoms with Crippen LogP contribution in [-0.4, -0.2) is 17.9 Å². The number of amides is 2. The zero-order valence-corrected chi connectivity index (χ0v) is 9.29. The Balaban J connectivity index is 2.25. The number of carbonyl (C=O) groups excluding carboxylic acids is 2. The fourth-order valence-electron chi connectivity index (χ4n) is 2.05. The fraction of sp³-hybridized carbons (Fsp3) is 0.818. The van der Waals surface area contributed by atoms with Gasteiger partial charge in [-0.25, -0.2) is 0 Å². The third-order valence-electron chi connectivity index (χ3n) is 2.97. The molecule has 1 saturated carbocycles. The highest BCUT2D eigenvalue weighted by Gasteiger charge is 2.25. The lowest BCUT2D eigenvalue weighted by Gasteiger charge is -2.27. The fourth-order valence-corrected chi connectivity index (χ4v) is 2.05. The molecule has 0 aromatic carbocycles. The Kier molecular flexibility index (Phi) is 4.59. The second-order valence-corrected chi connectivity index (χ2v) is 4.27. The highest BCUT2D eigenvalue weighted by Crippen LogP contribution is 2.23. The second kappa shape index (κ2) is 5.73. The van der Waals surface area contributed by atoms with Crippen molar-refractivity contribution < 1.29 is 9.59 Å². The van der Waals surface area contributed by atoms with Gasteiger partial charge in [0, 0.05) is 18.4 Å². The van der Waals surface area contributed by atoms with Crippen LogP contribution in [-0.2, 0) is 9.59 Å². The molecule has 0 heterocycles. The summed E-state index contributed by atoms with van der Waals surface area (Å²) in [5.74, 6) is -0.0577. The van der Waals surface area contributed by atoms with Crippen molar-refractivity contribution in [3.05, 3.63) is 0 Å². The number of hydrogen-bond acceptors (Lipinski definition) is 2. The smallest absolute Gasteiger partial charge is 0.220 e. The Morgan fingerprint density at radius 2 is 1.87 bits per heavy atom. The van der Waals surface area contributed by atoms with E-state index in [0.29, 0.717) is 6.42 Å². The van der Waals surface area contributed by atoms with Crippen LogP contribution in [0, 0.1) is 5.92 Å². The van der Waals surface area contributed by atoms with Crippen molar-refractivity contribution in [1.82, 2.24) is 5.32 Å². The van der Waals surface area contributed by atoms with Gasteiger partial charge in [0.25, 0.3) is 0 Å². The minimum atomic E-state index is -0.201. The van der Waals surface area contributed by atoms with E-state index < -0.39 is 0 Å². The standard InChI is InChI=1S/C11H20N2O2/c1-2-3-10(14)13-9-6-4-8(5-7-9)11(12)15/h8-9H,2-7H2,1H3,(H2,12,15)(H,13,14). The summed E-state index contributed by atoms with van der Waals surface area (Å²) in [5.41, 5.74) is 5.24. The van der Waals surface area contributed by atoms with Gasteiger partial charge < -0.3 is 11.1 Å². The number of rotatable bonds is 4. The summed E-state index contributed by atoms with van der Waals surface area (Å²) in [5, 5.41) is 2.99. The lowest BCUT2D eigenvalue weighted by atomic mass is 9.85. The summed E-state index contributed by atoms with van der Waals surface area (Å²) < 4.78 is 0. The molecule has 0 atom stereocenters. The van der Waals surface area contributed by atoms with Crippen LogP contribution >= 0.6 is 0 Å². The molecular weight excluding hydrogens is 192 g/mol. The maximum atomic E-state index is 11.3. The van der Waals surface area contributed by atoms with E-state index >= 15 is 0 Å². The van der Waals surface area contributed by atoms with E-state index in [4.69, 9.17) is 5.73 Å². The van der Waals surface area contributed by atoms with Crippen LogP contribution in [0.2, 0.25) is 0 Å². The van der Waals surface area contributed by atoms with E-state index in [1.807, 2.05) is 6.92 Å². The minimum Gasteiger partial charge on any atom is -0.369 e. The normalized spacial score (nSPS) is 25.9. The largest absolute Gasteiger partial charge is 0.369 e. The summed E-state index contributed by atoms with van der Waals surface area (Å²) in [4.78, 5) is 22.2. The van der Waals surface area contributed by atoms with Gasteiger partial charge >= 0.3 is 0 Å². The van der Waals surface area contributed by atoms with Crippen LogP contribution in [0.5, 0.6) is 0 Å². The van der Waals surface area contributed by atoms with E-state index in [1.54, 1.807) is 0 Å². The summed E-state index contributed by atoms with van der Waals surface area (Å²) in [6.07, 6.45) is 4.85. The molecule has 0 aromatic heterocycles. The highest BCUT2D eigenvalue weighted by molar-refractivity contribution is 5.77. The van der Waals surface area contributed by atoms with Crippen molar-refractivity contribution >= 4 is 11.8 Å². The van der Waals surface area contributed by atoms with Gasteiger partial charge in [-0.1, -0.05) is 6.92 Å². The topological polar surface area (TPSA) is 72.2 Å². The van der Waals surface area contributed by atoms with Gasteiger partial charge in [0.2, 0.25) is 11.8 Å². The molecule has 1 aliphatic carbocycles. The molecular formula is C11H20N2O2. The predicted molar refractivity (Wildman–Crippen MR) is 58.0 cm³/mol. The molecule has 1 rings (SSSR count). The van der Waals surface area contributed by atoms with Crippen molar-refractivity contribution in [2.75, 3.05) is 0 Å². The van der Waals surface area contributed by atoms with Crippen LogP contribution in [0.3, 0.4) is 0 Å². The Bertz CT molecular complexity index is 233. The molecule has 3 N–H and O–H groups in total. The van der Waals surface area contributed by atoms with Crippen LogP contribution < -0.4 is 11.1 Å². The Labute approximate surface area is 90.6 Å². The minimum absolute atomic E-state index is 0.0179. The second-order valence-electron chi connectivity index (χ2n) is 4.27. The molecule has 0 spiro atoms. The monoisotopic (exact) mass is 212 g/mol. The summed E-state index contributed by atoms with van der Waals surface area (Å²) >= 11 is 0. The van der Waals surface area contributed by atoms with Crippen LogP contribution in [0.4, 0.5) is 0 Å². The number of hydrogen-bond donors (Lipinski definition) is 2. The summed E-state index contributed by atoms with van der Waals surface area (Å²) in [7, 11) is 0. The third kappa shape index (κ3) is 3.90. The third-order valence-corrected chi connectivity index (χ3v) is 2.97. The molecule has 0 unspecified atom stereocenters. The molecule has 2 amide bonds. The molecule has 86 valence electrons. The van der Waals surface area contributed by atoms with E-state index in [1.165, 1.54) is 0 Å². The molecule has 0 aliphatic heterocycles. The molecule has 0 bridgehead atoms. The maximum absolute atomic E-state index is 11.3. The van der Waals surface area contributed by atoms with Crippen LogP contribution in [0.15, 0.2) is 0 Å².